The number of esters is 1. The number of nitrogens with two attached hydrogens (primary N) is 4. The third-order valence-corrected chi connectivity index (χ3v) is 32.2. The van der Waals surface area contributed by atoms with Gasteiger partial charge in [0.05, 0.1) is 66.9 Å². The van der Waals surface area contributed by atoms with Crippen molar-refractivity contribution in [3.05, 3.63) is 353 Å². The number of nitrogen functional groups attached to an aromatic ring is 2. The lowest BCUT2D eigenvalue weighted by Gasteiger charge is -2.21. The van der Waals surface area contributed by atoms with Crippen molar-refractivity contribution in [1.82, 2.24) is 44.3 Å². The third kappa shape index (κ3) is 26.0. The van der Waals surface area contributed by atoms with E-state index in [-0.39, 0.29) is 48.8 Å². The summed E-state index contributed by atoms with van der Waals surface area (Å²) in [6.45, 7) is 17.0. The molecular formula is C112H111Br2Cl3N14O9S5. The van der Waals surface area contributed by atoms with E-state index in [1.54, 1.807) is 26.8 Å². The Kier molecular flexibility index (Phi) is 34.4. The highest BCUT2D eigenvalue weighted by molar-refractivity contribution is 9.10. The van der Waals surface area contributed by atoms with Crippen LogP contribution in [0.15, 0.2) is 319 Å². The van der Waals surface area contributed by atoms with Gasteiger partial charge in [-0.1, -0.05) is 268 Å². The number of H-pyrrole nitrogens is 1. The summed E-state index contributed by atoms with van der Waals surface area (Å²) in [5.74, 6) is 3.18. The van der Waals surface area contributed by atoms with Gasteiger partial charge in [-0.05, 0) is 322 Å². The second-order valence-electron chi connectivity index (χ2n) is 37.2. The number of methoxy groups -OCH3 is 1. The summed E-state index contributed by atoms with van der Waals surface area (Å²) in [7, 11) is -6.27. The van der Waals surface area contributed by atoms with Gasteiger partial charge in [-0.2, -0.15) is 0 Å². The van der Waals surface area contributed by atoms with Crippen molar-refractivity contribution >= 4 is 211 Å². The number of halogens is 5. The summed E-state index contributed by atoms with van der Waals surface area (Å²) in [5.41, 5.74) is 33.6. The van der Waals surface area contributed by atoms with Crippen molar-refractivity contribution in [2.75, 3.05) is 41.3 Å². The smallest absolute Gasteiger partial charge is 0.320 e. The molecule has 0 aliphatic heterocycles. The van der Waals surface area contributed by atoms with Gasteiger partial charge in [0, 0.05) is 28.0 Å². The molecule has 15 aromatic rings. The number of rotatable bonds is 26. The number of aliphatic carboxylic acids is 1. The second-order valence-corrected chi connectivity index (χ2v) is 45.1. The van der Waals surface area contributed by atoms with Crippen LogP contribution in [0.5, 0.6) is 0 Å². The highest BCUT2D eigenvalue weighted by Gasteiger charge is 2.34. The number of primary sulfonamides is 2. The van der Waals surface area contributed by atoms with Gasteiger partial charge < -0.3 is 26.6 Å². The number of hydrogen-bond acceptors (Lipinski definition) is 18. The average Bonchev–Trinajstić information content (AvgIpc) is 1.65. The number of thioether (sulfide) groups is 2. The molecule has 3 aromatic heterocycles. The number of carbonyl (C=O) groups excluding carboxylic acids is 2. The molecule has 1 amide bonds. The quantitative estimate of drug-likeness (QED) is 0.00661. The van der Waals surface area contributed by atoms with Crippen LogP contribution in [0.25, 0.3) is 70.9 Å². The maximum atomic E-state index is 12.6. The zero-order chi connectivity index (χ0) is 103. The van der Waals surface area contributed by atoms with Crippen molar-refractivity contribution in [3.63, 3.8) is 0 Å². The van der Waals surface area contributed by atoms with Crippen LogP contribution in [0.4, 0.5) is 17.3 Å². The maximum absolute atomic E-state index is 12.6. The molecule has 7 aliphatic rings. The van der Waals surface area contributed by atoms with Crippen LogP contribution in [0, 0.1) is 4.77 Å². The molecule has 23 nitrogen and oxygen atoms in total. The first-order valence-corrected chi connectivity index (χ1v) is 56.1. The first-order chi connectivity index (χ1) is 69.6. The van der Waals surface area contributed by atoms with E-state index in [0.717, 1.165) is 77.1 Å². The number of ether oxygens (including phenoxy) is 1. The molecule has 145 heavy (non-hydrogen) atoms. The number of allylic oxidation sites excluding steroid dienone is 10. The Labute approximate surface area is 889 Å². The summed E-state index contributed by atoms with van der Waals surface area (Å²) >= 11 is 31.3. The van der Waals surface area contributed by atoms with Crippen molar-refractivity contribution in [3.8, 4) is 17.1 Å². The third-order valence-electron chi connectivity index (χ3n) is 26.4. The number of nitrogens with one attached hydrogen (secondary N) is 2. The number of carboxylic acids is 1. The Morgan fingerprint density at radius 3 is 1.13 bits per heavy atom. The van der Waals surface area contributed by atoms with Gasteiger partial charge in [-0.3, -0.25) is 28.1 Å². The monoisotopic (exact) mass is 2220 g/mol. The van der Waals surface area contributed by atoms with Crippen LogP contribution in [-0.4, -0.2) is 109 Å². The number of aromatic nitrogens is 9. The summed E-state index contributed by atoms with van der Waals surface area (Å²) in [5, 5.41) is 59.2. The summed E-state index contributed by atoms with van der Waals surface area (Å²) < 4.78 is 55.8. The normalized spacial score (nSPS) is 15.7. The number of anilines is 3. The van der Waals surface area contributed by atoms with Crippen molar-refractivity contribution in [2.24, 2.45) is 10.3 Å². The molecule has 2 unspecified atom stereocenters. The summed E-state index contributed by atoms with van der Waals surface area (Å²) in [6, 6.07) is 73.2. The zero-order valence-electron chi connectivity index (χ0n) is 80.6. The molecule has 0 radical (unpaired) electrons. The minimum atomic E-state index is -3.89. The molecule has 0 spiro atoms. The fourth-order valence-corrected chi connectivity index (χ4v) is 23.0. The van der Waals surface area contributed by atoms with Gasteiger partial charge in [0.15, 0.2) is 10.3 Å². The largest absolute Gasteiger partial charge is 0.481 e. The van der Waals surface area contributed by atoms with E-state index in [9.17, 15) is 31.2 Å². The molecule has 0 bridgehead atoms. The van der Waals surface area contributed by atoms with Gasteiger partial charge in [0.2, 0.25) is 46.1 Å². The van der Waals surface area contributed by atoms with E-state index in [0.29, 0.717) is 65.8 Å². The zero-order valence-corrected chi connectivity index (χ0v) is 90.1. The minimum absolute atomic E-state index is 0.0382. The van der Waals surface area contributed by atoms with Crippen molar-refractivity contribution < 1.29 is 41.1 Å². The molecule has 12 aromatic carbocycles. The van der Waals surface area contributed by atoms with E-state index < -0.39 is 32.0 Å². The maximum Gasteiger partial charge on any atom is 0.320 e. The van der Waals surface area contributed by atoms with Crippen LogP contribution >= 0.6 is 102 Å². The lowest BCUT2D eigenvalue weighted by Crippen LogP contribution is -2.16. The second kappa shape index (κ2) is 47.0. The van der Waals surface area contributed by atoms with Crippen molar-refractivity contribution in [2.45, 2.75) is 179 Å². The average molecular weight is 2220 g/mol. The lowest BCUT2D eigenvalue weighted by molar-refractivity contribution is -0.137. The molecule has 22 rings (SSSR count). The van der Waals surface area contributed by atoms with E-state index >= 15 is 0 Å². The minimum Gasteiger partial charge on any atom is -0.481 e. The van der Waals surface area contributed by atoms with Crippen LogP contribution in [0.3, 0.4) is 0 Å². The number of aromatic amines is 1. The first kappa shape index (κ1) is 106. The number of fused-ring (bicyclic) bond motifs is 5. The summed E-state index contributed by atoms with van der Waals surface area (Å²) in [4.78, 5) is 33.1. The van der Waals surface area contributed by atoms with Gasteiger partial charge in [0.1, 0.15) is 5.88 Å². The number of sulfonamides is 2. The lowest BCUT2D eigenvalue weighted by atomic mass is 9.82. The Balaban J connectivity index is 0.000000126. The Morgan fingerprint density at radius 2 is 0.814 bits per heavy atom. The Hall–Kier alpha value is -11.6. The van der Waals surface area contributed by atoms with Crippen LogP contribution in [-0.2, 0) is 39.2 Å². The summed E-state index contributed by atoms with van der Waals surface area (Å²) in [6.07, 6.45) is 26.6. The molecular weight excluding hydrogens is 2110 g/mol. The van der Waals surface area contributed by atoms with Gasteiger partial charge in [0.25, 0.3) is 0 Å². The molecule has 7 aliphatic carbocycles. The van der Waals surface area contributed by atoms with Gasteiger partial charge >= 0.3 is 11.9 Å². The van der Waals surface area contributed by atoms with Gasteiger partial charge in [-0.15, -0.1) is 50.3 Å². The van der Waals surface area contributed by atoms with Gasteiger partial charge in [-0.25, -0.2) is 32.2 Å². The SMILES string of the molecule is C=C(C)CCC1=CC=C(C)C1c1ccc(C2CC2)c2ccccc12.C=C(C)CCC1=CC=C(C)C1c1ccc(C2CC2)c2ccccc12.COC(=O)CCl.NS(=O)(=O)c1ccc(NC(=O)CSc2nnc(Br)n2-c2ccc(C3CC3)c3ccccc23)c(Cl)c1.Nc1ccc(S(N)(=O)=O)cc1Cl.Nc1n[nH]c(=S)n1-c1ccc(C2CC2)c2ccccc12.O=C(O)CSc1nnc(Br)n1-c1ccc(C2CC2)c2ccccc12. The Morgan fingerprint density at radius 1 is 0.483 bits per heavy atom. The predicted octanol–water partition coefficient (Wildman–Crippen LogP) is 27.9. The highest BCUT2D eigenvalue weighted by atomic mass is 79.9. The molecule has 748 valence electrons. The van der Waals surface area contributed by atoms with E-state index in [4.69, 9.17) is 73.9 Å². The molecule has 3 heterocycles. The fourth-order valence-electron chi connectivity index (χ4n) is 18.6. The number of alkyl halides is 1. The molecule has 33 heteroatoms. The number of carbonyl (C=O) groups is 3. The first-order valence-electron chi connectivity index (χ1n) is 47.7. The number of benzene rings is 12. The van der Waals surface area contributed by atoms with E-state index in [1.807, 2.05) is 33.4 Å². The van der Waals surface area contributed by atoms with E-state index in [2.05, 4.69) is 295 Å². The van der Waals surface area contributed by atoms with Crippen molar-refractivity contribution in [1.29, 1.82) is 0 Å². The number of carboxylic acid groups (broad SMARTS) is 1. The predicted molar refractivity (Wildman–Crippen MR) is 599 cm³/mol. The molecule has 0 saturated heterocycles. The van der Waals surface area contributed by atoms with E-state index in [1.165, 1.54) is 213 Å². The number of hydrogen-bond donors (Lipinski definition) is 7. The van der Waals surface area contributed by atoms with Crippen LogP contribution in [0.2, 0.25) is 10.0 Å². The standard InChI is InChI=1S/2C24H26.C23H19BrClN5O3S2.C17H14BrN3O2S.C15H14N4S.C6H7ClN2O2S.C3H5ClO2/c2*1-16(2)8-10-19-11-9-17(3)24(19)23-15-14-20(18-12-13-18)21-6-4-5-7-22(21)23;24-22-28-29-23(34-12-21(31)27-19-9-7-14(11-18(19)25)35(26,32)33)30(22)20-10-8-15(13-5-6-13)16-3-1-2-4-17(16)20;18-16-19-20-17(24-9-15(22)23)21(16)14-8-7-11(10-5-6-10)12-3-1-2-4-13(12)14;16-14-17-18-15(20)19(14)13-8-7-10(9-5-6-9)11-3-1-2-4-12(11)13;7-5-3-4(12(9,10)11)1-2-6(5)8;1-6-3(5)2-4/h2*4-7,9,11,14-15,18,24H,1,8,10,12-13H2,2-3H3;1-4,7-11,13H,5-6,12H2,(H,27,31)(H2,26,32,33);1-4,7-8,10H,5-6,9H2,(H,22,23);1-4,7-9H,5-6H2,(H2,16,17)(H,18,20);1-3H,8H2,(H2,9,10,11);2H2,1H3. The fraction of sp³-hybridized carbons (Fsp3) is 0.259. The number of nitrogens with zero attached hydrogens (tertiary/aromatic N) is 8. The Bertz CT molecular complexity index is 7820. The van der Waals surface area contributed by atoms with Crippen LogP contribution in [0.1, 0.15) is 198 Å². The topological polar surface area (TPSA) is 360 Å². The van der Waals surface area contributed by atoms with Crippen LogP contribution < -0.4 is 27.1 Å². The highest BCUT2D eigenvalue weighted by Crippen LogP contribution is 2.52. The molecule has 5 fully saturated rings. The molecule has 5 saturated carbocycles. The molecule has 11 N–H and O–H groups in total. The number of amides is 1. The molecule has 2 atom stereocenters.